The highest BCUT2D eigenvalue weighted by Crippen LogP contribution is 2.19. The molecule has 1 amide bonds. The number of likely N-dealkylation sites (N-methyl/N-ethyl adjacent to an activating group) is 1. The van der Waals surface area contributed by atoms with Crippen LogP contribution in [0.1, 0.15) is 6.92 Å². The van der Waals surface area contributed by atoms with E-state index in [-0.39, 0.29) is 23.9 Å². The van der Waals surface area contributed by atoms with Crippen molar-refractivity contribution in [3.05, 3.63) is 30.1 Å². The summed E-state index contributed by atoms with van der Waals surface area (Å²) in [6.07, 6.45) is 0.00349. The van der Waals surface area contributed by atoms with E-state index in [1.54, 1.807) is 17.0 Å². The van der Waals surface area contributed by atoms with Gasteiger partial charge in [-0.3, -0.25) is 9.69 Å². The van der Waals surface area contributed by atoms with Crippen molar-refractivity contribution in [3.63, 3.8) is 0 Å². The van der Waals surface area contributed by atoms with Crippen LogP contribution >= 0.6 is 0 Å². The summed E-state index contributed by atoms with van der Waals surface area (Å²) in [6.45, 7) is 3.07. The molecule has 2 rings (SSSR count). The molecule has 5 heteroatoms. The topological polar surface area (TPSA) is 32.8 Å². The van der Waals surface area contributed by atoms with Crippen LogP contribution in [0.3, 0.4) is 0 Å². The van der Waals surface area contributed by atoms with Crippen molar-refractivity contribution < 1.29 is 13.9 Å². The Morgan fingerprint density at radius 2 is 1.95 bits per heavy atom. The minimum Gasteiger partial charge on any atom is -0.487 e. The van der Waals surface area contributed by atoms with E-state index >= 15 is 0 Å². The number of likely N-dealkylation sites (tertiary alicyclic amines) is 1. The smallest absolute Gasteiger partial charge is 0.239 e. The van der Waals surface area contributed by atoms with E-state index in [9.17, 15) is 9.18 Å². The molecule has 1 aliphatic heterocycles. The van der Waals surface area contributed by atoms with Crippen molar-refractivity contribution in [2.45, 2.75) is 19.1 Å². The summed E-state index contributed by atoms with van der Waals surface area (Å²) in [5, 5.41) is 0. The third kappa shape index (κ3) is 3.23. The normalized spacial score (nSPS) is 17.2. The van der Waals surface area contributed by atoms with Crippen molar-refractivity contribution >= 4 is 5.91 Å². The van der Waals surface area contributed by atoms with Crippen molar-refractivity contribution in [1.82, 2.24) is 9.80 Å². The maximum absolute atomic E-state index is 12.7. The number of benzene rings is 1. The first-order valence-electron chi connectivity index (χ1n) is 6.35. The van der Waals surface area contributed by atoms with Gasteiger partial charge >= 0.3 is 0 Å². The number of hydrogen-bond acceptors (Lipinski definition) is 3. The second-order valence-electron chi connectivity index (χ2n) is 5.08. The molecule has 1 saturated heterocycles. The van der Waals surface area contributed by atoms with Gasteiger partial charge in [0.05, 0.1) is 19.1 Å². The lowest BCUT2D eigenvalue weighted by atomic mass is 10.1. The summed E-state index contributed by atoms with van der Waals surface area (Å²) in [5.74, 6) is 0.473. The van der Waals surface area contributed by atoms with Crippen molar-refractivity contribution in [2.24, 2.45) is 0 Å². The van der Waals surface area contributed by atoms with Gasteiger partial charge in [-0.05, 0) is 45.3 Å². The lowest BCUT2D eigenvalue weighted by Gasteiger charge is -2.41. The number of carbonyl (C=O) groups is 1. The van der Waals surface area contributed by atoms with Crippen molar-refractivity contribution in [1.29, 1.82) is 0 Å². The monoisotopic (exact) mass is 266 g/mol. The highest BCUT2D eigenvalue weighted by atomic mass is 19.1. The molecule has 104 valence electrons. The van der Waals surface area contributed by atoms with Gasteiger partial charge in [-0.25, -0.2) is 4.39 Å². The summed E-state index contributed by atoms with van der Waals surface area (Å²) in [7, 11) is 3.77. The standard InChI is InChI=1S/C14H19FN2O2/c1-10(16(2)3)14(18)17-8-13(9-17)19-12-6-4-11(15)5-7-12/h4-7,10,13H,8-9H2,1-3H3. The Kier molecular flexibility index (Phi) is 4.04. The van der Waals surface area contributed by atoms with Gasteiger partial charge < -0.3 is 9.64 Å². The van der Waals surface area contributed by atoms with Crippen LogP contribution in [0.5, 0.6) is 5.75 Å². The number of amides is 1. The van der Waals surface area contributed by atoms with Gasteiger partial charge in [-0.1, -0.05) is 0 Å². The first-order valence-corrected chi connectivity index (χ1v) is 6.35. The molecular weight excluding hydrogens is 247 g/mol. The summed E-state index contributed by atoms with van der Waals surface area (Å²) in [6, 6.07) is 5.81. The molecule has 1 atom stereocenters. The van der Waals surface area contributed by atoms with E-state index in [1.165, 1.54) is 12.1 Å². The summed E-state index contributed by atoms with van der Waals surface area (Å²) < 4.78 is 18.4. The molecule has 19 heavy (non-hydrogen) atoms. The SMILES string of the molecule is CC(C(=O)N1CC(Oc2ccc(F)cc2)C1)N(C)C. The number of carbonyl (C=O) groups excluding carboxylic acids is 1. The Hall–Kier alpha value is -1.62. The molecule has 0 aromatic heterocycles. The van der Waals surface area contributed by atoms with Gasteiger partial charge in [-0.2, -0.15) is 0 Å². The molecule has 1 heterocycles. The maximum Gasteiger partial charge on any atom is 0.239 e. The largest absolute Gasteiger partial charge is 0.487 e. The zero-order chi connectivity index (χ0) is 14.0. The number of halogens is 1. The van der Waals surface area contributed by atoms with Gasteiger partial charge in [0.2, 0.25) is 5.91 Å². The Balaban J connectivity index is 1.80. The lowest BCUT2D eigenvalue weighted by Crippen LogP contribution is -2.59. The molecule has 1 unspecified atom stereocenters. The Morgan fingerprint density at radius 3 is 2.47 bits per heavy atom. The fourth-order valence-electron chi connectivity index (χ4n) is 1.88. The van der Waals surface area contributed by atoms with Gasteiger partial charge in [0, 0.05) is 0 Å². The van der Waals surface area contributed by atoms with Crippen LogP contribution in [0.15, 0.2) is 24.3 Å². The number of ether oxygens (including phenoxy) is 1. The predicted molar refractivity (Wildman–Crippen MR) is 70.5 cm³/mol. The average Bonchev–Trinajstić information content (AvgIpc) is 2.33. The van der Waals surface area contributed by atoms with Crippen LogP contribution in [-0.2, 0) is 4.79 Å². The highest BCUT2D eigenvalue weighted by molar-refractivity contribution is 5.82. The predicted octanol–water partition coefficient (Wildman–Crippen LogP) is 1.37. The molecule has 0 aliphatic carbocycles. The highest BCUT2D eigenvalue weighted by Gasteiger charge is 2.34. The lowest BCUT2D eigenvalue weighted by molar-refractivity contribution is -0.144. The fraction of sp³-hybridized carbons (Fsp3) is 0.500. The fourth-order valence-corrected chi connectivity index (χ4v) is 1.88. The van der Waals surface area contributed by atoms with Crippen LogP contribution in [-0.4, -0.2) is 55.0 Å². The molecule has 0 saturated carbocycles. The Bertz CT molecular complexity index is 441. The molecule has 0 bridgehead atoms. The molecular formula is C14H19FN2O2. The van der Waals surface area contributed by atoms with Crippen LogP contribution in [0.4, 0.5) is 4.39 Å². The third-order valence-electron chi connectivity index (χ3n) is 3.41. The van der Waals surface area contributed by atoms with E-state index in [0.29, 0.717) is 18.8 Å². The summed E-state index contributed by atoms with van der Waals surface area (Å²) >= 11 is 0. The van der Waals surface area contributed by atoms with Crippen LogP contribution in [0.2, 0.25) is 0 Å². The number of rotatable bonds is 4. The zero-order valence-electron chi connectivity index (χ0n) is 11.5. The first kappa shape index (κ1) is 13.8. The summed E-state index contributed by atoms with van der Waals surface area (Å²) in [5.41, 5.74) is 0. The van der Waals surface area contributed by atoms with Gasteiger partial charge in [0.25, 0.3) is 0 Å². The van der Waals surface area contributed by atoms with E-state index in [4.69, 9.17) is 4.74 Å². The molecule has 1 aromatic rings. The van der Waals surface area contributed by atoms with Gasteiger partial charge in [-0.15, -0.1) is 0 Å². The van der Waals surface area contributed by atoms with E-state index in [0.717, 1.165) is 0 Å². The average molecular weight is 266 g/mol. The van der Waals surface area contributed by atoms with Crippen LogP contribution in [0.25, 0.3) is 0 Å². The third-order valence-corrected chi connectivity index (χ3v) is 3.41. The molecule has 0 spiro atoms. The Morgan fingerprint density at radius 1 is 1.37 bits per heavy atom. The van der Waals surface area contributed by atoms with E-state index < -0.39 is 0 Å². The van der Waals surface area contributed by atoms with Crippen molar-refractivity contribution in [2.75, 3.05) is 27.2 Å². The maximum atomic E-state index is 12.7. The molecule has 1 aromatic carbocycles. The zero-order valence-corrected chi connectivity index (χ0v) is 11.5. The second-order valence-corrected chi connectivity index (χ2v) is 5.08. The summed E-state index contributed by atoms with van der Waals surface area (Å²) in [4.78, 5) is 15.7. The second kappa shape index (κ2) is 5.57. The van der Waals surface area contributed by atoms with E-state index in [1.807, 2.05) is 25.9 Å². The minimum atomic E-state index is -0.280. The molecule has 0 N–H and O–H groups in total. The van der Waals surface area contributed by atoms with Gasteiger partial charge in [0.1, 0.15) is 17.7 Å². The Labute approximate surface area is 112 Å². The van der Waals surface area contributed by atoms with Gasteiger partial charge in [0.15, 0.2) is 0 Å². The molecule has 0 radical (unpaired) electrons. The van der Waals surface area contributed by atoms with E-state index in [2.05, 4.69) is 0 Å². The quantitative estimate of drug-likeness (QED) is 0.825. The molecule has 1 aliphatic rings. The van der Waals surface area contributed by atoms with Crippen LogP contribution < -0.4 is 4.74 Å². The minimum absolute atomic E-state index is 0.00349. The molecule has 4 nitrogen and oxygen atoms in total. The number of nitrogens with zero attached hydrogens (tertiary/aromatic N) is 2. The first-order chi connectivity index (χ1) is 8.97. The number of hydrogen-bond donors (Lipinski definition) is 0. The van der Waals surface area contributed by atoms with Crippen LogP contribution in [0, 0.1) is 5.82 Å². The van der Waals surface area contributed by atoms with Crippen molar-refractivity contribution in [3.8, 4) is 5.75 Å². The molecule has 1 fully saturated rings.